The molecule has 3 aromatic rings. The summed E-state index contributed by atoms with van der Waals surface area (Å²) in [6, 6.07) is 11.0. The third kappa shape index (κ3) is 3.61. The third-order valence-electron chi connectivity index (χ3n) is 4.48. The molecule has 0 saturated carbocycles. The zero-order valence-corrected chi connectivity index (χ0v) is 16.1. The summed E-state index contributed by atoms with van der Waals surface area (Å²) in [4.78, 5) is 27.2. The van der Waals surface area contributed by atoms with Crippen LogP contribution in [-0.2, 0) is 19.6 Å². The molecular formula is C19H17N3O6S. The molecule has 0 saturated heterocycles. The Hall–Kier alpha value is -3.53. The fraction of sp³-hybridized carbons (Fsp3) is 0.158. The summed E-state index contributed by atoms with van der Waals surface area (Å²) < 4.78 is 33.5. The molecule has 3 N–H and O–H groups in total. The van der Waals surface area contributed by atoms with Crippen molar-refractivity contribution in [3.8, 4) is 5.75 Å². The molecule has 0 fully saturated rings. The van der Waals surface area contributed by atoms with Crippen molar-refractivity contribution in [3.63, 3.8) is 0 Å². The molecule has 10 heteroatoms. The molecular weight excluding hydrogens is 398 g/mol. The van der Waals surface area contributed by atoms with Gasteiger partial charge < -0.3 is 14.8 Å². The second-order valence-corrected chi connectivity index (χ2v) is 8.33. The monoisotopic (exact) mass is 415 g/mol. The molecule has 1 amide bonds. The van der Waals surface area contributed by atoms with Crippen LogP contribution >= 0.6 is 0 Å². The van der Waals surface area contributed by atoms with Crippen LogP contribution in [0, 0.1) is 6.92 Å². The smallest absolute Gasteiger partial charge is 0.323 e. The van der Waals surface area contributed by atoms with E-state index in [1.165, 1.54) is 18.2 Å². The minimum Gasteiger partial charge on any atom is -0.482 e. The van der Waals surface area contributed by atoms with Crippen LogP contribution in [0.15, 0.2) is 47.4 Å². The topological polar surface area (TPSA) is 129 Å². The predicted molar refractivity (Wildman–Crippen MR) is 106 cm³/mol. The number of carboxylic acid groups (broad SMARTS) is 1. The van der Waals surface area contributed by atoms with Crippen molar-refractivity contribution in [2.45, 2.75) is 11.8 Å². The maximum absolute atomic E-state index is 12.9. The summed E-state index contributed by atoms with van der Waals surface area (Å²) in [5.41, 5.74) is 2.32. The lowest BCUT2D eigenvalue weighted by Crippen LogP contribution is -2.42. The van der Waals surface area contributed by atoms with Gasteiger partial charge in [0.15, 0.2) is 6.61 Å². The maximum atomic E-state index is 12.9. The lowest BCUT2D eigenvalue weighted by molar-refractivity contribution is -0.137. The van der Waals surface area contributed by atoms with Gasteiger partial charge >= 0.3 is 5.97 Å². The van der Waals surface area contributed by atoms with Gasteiger partial charge in [0.2, 0.25) is 0 Å². The number of ether oxygens (including phenoxy) is 1. The van der Waals surface area contributed by atoms with Crippen molar-refractivity contribution in [1.82, 2.24) is 4.98 Å². The normalized spacial score (nSPS) is 13.8. The van der Waals surface area contributed by atoms with E-state index in [1.54, 1.807) is 18.2 Å². The Bertz CT molecular complexity index is 1250. The molecule has 0 bridgehead atoms. The van der Waals surface area contributed by atoms with E-state index in [-0.39, 0.29) is 22.9 Å². The van der Waals surface area contributed by atoms with Crippen molar-refractivity contribution in [2.75, 3.05) is 22.8 Å². The standard InChI is InChI=1S/C19H17N3O6S/c1-11-6-12-7-13(2-4-15(12)20-11)21-29(26,27)14-3-5-17-16(8-14)22(9-19(24)25)18(23)10-28-17/h2-8,20-21H,9-10H2,1H3,(H,24,25). The first kappa shape index (κ1) is 18.8. The quantitative estimate of drug-likeness (QED) is 0.585. The summed E-state index contributed by atoms with van der Waals surface area (Å²) in [5.74, 6) is -1.53. The van der Waals surface area contributed by atoms with Gasteiger partial charge in [-0.05, 0) is 49.4 Å². The third-order valence-corrected chi connectivity index (χ3v) is 5.86. The summed E-state index contributed by atoms with van der Waals surface area (Å²) >= 11 is 0. The molecule has 0 unspecified atom stereocenters. The van der Waals surface area contributed by atoms with Gasteiger partial charge in [0, 0.05) is 22.3 Å². The van der Waals surface area contributed by atoms with Crippen LogP contribution in [0.4, 0.5) is 11.4 Å². The first-order valence-corrected chi connectivity index (χ1v) is 10.1. The number of amides is 1. The number of aromatic amines is 1. The zero-order chi connectivity index (χ0) is 20.8. The number of aliphatic carboxylic acids is 1. The van der Waals surface area contributed by atoms with E-state index in [0.717, 1.165) is 21.5 Å². The Kier molecular flexibility index (Phi) is 4.42. The number of carboxylic acids is 1. The van der Waals surface area contributed by atoms with Crippen LogP contribution < -0.4 is 14.4 Å². The van der Waals surface area contributed by atoms with Gasteiger partial charge in [-0.1, -0.05) is 0 Å². The first-order chi connectivity index (χ1) is 13.7. The highest BCUT2D eigenvalue weighted by Crippen LogP contribution is 2.34. The van der Waals surface area contributed by atoms with E-state index in [4.69, 9.17) is 9.84 Å². The van der Waals surface area contributed by atoms with E-state index >= 15 is 0 Å². The Balaban J connectivity index is 1.68. The molecule has 0 radical (unpaired) electrons. The zero-order valence-electron chi connectivity index (χ0n) is 15.3. The first-order valence-electron chi connectivity index (χ1n) is 8.64. The van der Waals surface area contributed by atoms with Crippen LogP contribution in [0.2, 0.25) is 0 Å². The molecule has 0 spiro atoms. The van der Waals surface area contributed by atoms with E-state index in [9.17, 15) is 18.0 Å². The highest BCUT2D eigenvalue weighted by molar-refractivity contribution is 7.92. The van der Waals surface area contributed by atoms with Gasteiger partial charge in [0.05, 0.1) is 10.6 Å². The Morgan fingerprint density at radius 1 is 1.24 bits per heavy atom. The van der Waals surface area contributed by atoms with Gasteiger partial charge in [-0.25, -0.2) is 8.42 Å². The molecule has 0 atom stereocenters. The van der Waals surface area contributed by atoms with Gasteiger partial charge in [0.25, 0.3) is 15.9 Å². The second kappa shape index (κ2) is 6.82. The van der Waals surface area contributed by atoms with Crippen LogP contribution in [0.1, 0.15) is 5.69 Å². The fourth-order valence-corrected chi connectivity index (χ4v) is 4.28. The number of nitrogens with one attached hydrogen (secondary N) is 2. The van der Waals surface area contributed by atoms with Gasteiger partial charge in [-0.2, -0.15) is 0 Å². The van der Waals surface area contributed by atoms with Gasteiger partial charge in [0.1, 0.15) is 12.3 Å². The largest absolute Gasteiger partial charge is 0.482 e. The highest BCUT2D eigenvalue weighted by Gasteiger charge is 2.29. The molecule has 1 aliphatic rings. The summed E-state index contributed by atoms with van der Waals surface area (Å²) in [6.45, 7) is 1.01. The number of aromatic nitrogens is 1. The number of aryl methyl sites for hydroxylation is 1. The number of benzene rings is 2. The molecule has 1 aromatic heterocycles. The molecule has 9 nitrogen and oxygen atoms in total. The molecule has 2 heterocycles. The summed E-state index contributed by atoms with van der Waals surface area (Å²) in [5, 5.41) is 9.91. The lowest BCUT2D eigenvalue weighted by Gasteiger charge is -2.28. The molecule has 2 aromatic carbocycles. The minimum atomic E-state index is -3.98. The van der Waals surface area contributed by atoms with Gasteiger partial charge in [-0.15, -0.1) is 0 Å². The number of hydrogen-bond donors (Lipinski definition) is 3. The Labute approximate surface area is 165 Å². The number of H-pyrrole nitrogens is 1. The van der Waals surface area contributed by atoms with Crippen LogP contribution in [0.5, 0.6) is 5.75 Å². The number of carbonyl (C=O) groups is 2. The maximum Gasteiger partial charge on any atom is 0.323 e. The van der Waals surface area contributed by atoms with E-state index < -0.39 is 28.4 Å². The van der Waals surface area contributed by atoms with Crippen molar-refractivity contribution >= 4 is 44.2 Å². The number of rotatable bonds is 5. The predicted octanol–water partition coefficient (Wildman–Crippen LogP) is 2.09. The minimum absolute atomic E-state index is 0.100. The van der Waals surface area contributed by atoms with Crippen LogP contribution in [0.25, 0.3) is 10.9 Å². The molecule has 29 heavy (non-hydrogen) atoms. The number of carbonyl (C=O) groups excluding carboxylic acids is 1. The highest BCUT2D eigenvalue weighted by atomic mass is 32.2. The molecule has 4 rings (SSSR count). The van der Waals surface area contributed by atoms with Crippen molar-refractivity contribution < 1.29 is 27.9 Å². The lowest BCUT2D eigenvalue weighted by atomic mass is 10.2. The van der Waals surface area contributed by atoms with E-state index in [1.807, 2.05) is 13.0 Å². The molecule has 0 aliphatic carbocycles. The number of sulfonamides is 1. The van der Waals surface area contributed by atoms with Crippen molar-refractivity contribution in [1.29, 1.82) is 0 Å². The van der Waals surface area contributed by atoms with Gasteiger partial charge in [-0.3, -0.25) is 19.2 Å². The van der Waals surface area contributed by atoms with E-state index in [0.29, 0.717) is 5.69 Å². The number of nitrogens with zero attached hydrogens (tertiary/aromatic N) is 1. The van der Waals surface area contributed by atoms with Crippen LogP contribution in [-0.4, -0.2) is 43.5 Å². The summed E-state index contributed by atoms with van der Waals surface area (Å²) in [7, 11) is -3.98. The Morgan fingerprint density at radius 2 is 2.03 bits per heavy atom. The van der Waals surface area contributed by atoms with Crippen molar-refractivity contribution in [2.24, 2.45) is 0 Å². The second-order valence-electron chi connectivity index (χ2n) is 6.65. The fourth-order valence-electron chi connectivity index (χ4n) is 3.21. The average molecular weight is 415 g/mol. The Morgan fingerprint density at radius 3 is 2.79 bits per heavy atom. The molecule has 150 valence electrons. The van der Waals surface area contributed by atoms with Crippen molar-refractivity contribution in [3.05, 3.63) is 48.2 Å². The number of anilines is 2. The van der Waals surface area contributed by atoms with E-state index in [2.05, 4.69) is 9.71 Å². The van der Waals surface area contributed by atoms with Crippen LogP contribution in [0.3, 0.4) is 0 Å². The number of fused-ring (bicyclic) bond motifs is 2. The SMILES string of the molecule is Cc1cc2cc(NS(=O)(=O)c3ccc4c(c3)N(CC(=O)O)C(=O)CO4)ccc2[nH]1. The number of hydrogen-bond acceptors (Lipinski definition) is 5. The average Bonchev–Trinajstić information content (AvgIpc) is 3.02. The summed E-state index contributed by atoms with van der Waals surface area (Å²) in [6.07, 6.45) is 0. The molecule has 1 aliphatic heterocycles.